The summed E-state index contributed by atoms with van der Waals surface area (Å²) < 4.78 is 30.4. The van der Waals surface area contributed by atoms with Gasteiger partial charge in [-0.2, -0.15) is 0 Å². The van der Waals surface area contributed by atoms with E-state index in [2.05, 4.69) is 5.10 Å². The van der Waals surface area contributed by atoms with E-state index in [9.17, 15) is 13.6 Å². The molecule has 106 valence electrons. The van der Waals surface area contributed by atoms with Crippen LogP contribution in [0.5, 0.6) is 11.6 Å². The molecule has 0 spiro atoms. The van der Waals surface area contributed by atoms with Crippen LogP contribution in [0.1, 0.15) is 12.0 Å². The minimum Gasteiger partial charge on any atom is -0.434 e. The summed E-state index contributed by atoms with van der Waals surface area (Å²) in [5.74, 6) is -0.268. The lowest BCUT2D eigenvalue weighted by Crippen LogP contribution is -2.14. The third kappa shape index (κ3) is 3.00. The van der Waals surface area contributed by atoms with E-state index in [1.807, 2.05) is 5.10 Å². The van der Waals surface area contributed by atoms with Gasteiger partial charge in [0.2, 0.25) is 5.88 Å². The fraction of sp³-hybridized carbons (Fsp3) is 0.0909. The average Bonchev–Trinajstić information content (AvgIpc) is 2.35. The number of benzene rings is 1. The lowest BCUT2D eigenvalue weighted by atomic mass is 10.3. The highest BCUT2D eigenvalue weighted by atomic mass is 35.5. The van der Waals surface area contributed by atoms with Gasteiger partial charge >= 0.3 is 0 Å². The fourth-order valence-electron chi connectivity index (χ4n) is 1.40. The van der Waals surface area contributed by atoms with E-state index in [0.717, 1.165) is 6.07 Å². The Bertz CT molecular complexity index is 683. The van der Waals surface area contributed by atoms with Gasteiger partial charge in [0.25, 0.3) is 12.0 Å². The number of ether oxygens (including phenoxy) is 1. The van der Waals surface area contributed by atoms with Gasteiger partial charge in [-0.3, -0.25) is 4.79 Å². The monoisotopic (exact) mass is 321 g/mol. The number of alkyl halides is 2. The molecule has 1 aromatic heterocycles. The molecular weight excluding hydrogens is 315 g/mol. The van der Waals surface area contributed by atoms with Crippen molar-refractivity contribution >= 4 is 28.9 Å². The average molecular weight is 322 g/mol. The number of hydrogen-bond donors (Lipinski definition) is 2. The predicted molar refractivity (Wildman–Crippen MR) is 70.8 cm³/mol. The molecule has 1 heterocycles. The van der Waals surface area contributed by atoms with Crippen LogP contribution in [0.4, 0.5) is 14.5 Å². The molecule has 3 N–H and O–H groups in total. The van der Waals surface area contributed by atoms with E-state index in [4.69, 9.17) is 33.7 Å². The molecule has 0 saturated heterocycles. The number of hydrogen-bond acceptors (Lipinski definition) is 4. The molecule has 0 amide bonds. The first-order valence-corrected chi connectivity index (χ1v) is 5.94. The second kappa shape index (κ2) is 5.64. The van der Waals surface area contributed by atoms with Gasteiger partial charge in [0.1, 0.15) is 0 Å². The maximum absolute atomic E-state index is 12.6. The topological polar surface area (TPSA) is 81.0 Å². The van der Waals surface area contributed by atoms with Crippen molar-refractivity contribution in [2.75, 3.05) is 5.73 Å². The zero-order valence-corrected chi connectivity index (χ0v) is 11.2. The van der Waals surface area contributed by atoms with Crippen LogP contribution in [0.15, 0.2) is 23.0 Å². The van der Waals surface area contributed by atoms with Gasteiger partial charge in [-0.1, -0.05) is 23.2 Å². The summed E-state index contributed by atoms with van der Waals surface area (Å²) in [6, 6.07) is 3.57. The Morgan fingerprint density at radius 2 is 1.85 bits per heavy atom. The second-order valence-electron chi connectivity index (χ2n) is 3.71. The summed E-state index contributed by atoms with van der Waals surface area (Å²) in [7, 11) is 0. The standard InChI is InChI=1S/C11H7Cl2F2N3O2/c12-6-1-4(16)2-7(13)9(6)20-8-3-5(10(14)15)11(19)18-17-8/h1-3,10H,16H2,(H,18,19). The Morgan fingerprint density at radius 1 is 1.25 bits per heavy atom. The third-order valence-corrected chi connectivity index (χ3v) is 2.83. The van der Waals surface area contributed by atoms with Crippen LogP contribution in [-0.2, 0) is 0 Å². The van der Waals surface area contributed by atoms with Crippen LogP contribution in [0, 0.1) is 0 Å². The first kappa shape index (κ1) is 14.5. The molecule has 0 radical (unpaired) electrons. The van der Waals surface area contributed by atoms with E-state index >= 15 is 0 Å². The molecule has 2 aromatic rings. The predicted octanol–water partition coefficient (Wildman–Crippen LogP) is 3.39. The molecule has 0 fully saturated rings. The maximum Gasteiger partial charge on any atom is 0.273 e. The summed E-state index contributed by atoms with van der Waals surface area (Å²) >= 11 is 11.8. The summed E-state index contributed by atoms with van der Waals surface area (Å²) in [4.78, 5) is 11.1. The SMILES string of the molecule is Nc1cc(Cl)c(Oc2cc(C(F)F)c(=O)[nH]n2)c(Cl)c1. The number of aromatic nitrogens is 2. The van der Waals surface area contributed by atoms with E-state index in [-0.39, 0.29) is 21.7 Å². The van der Waals surface area contributed by atoms with E-state index in [1.165, 1.54) is 12.1 Å². The summed E-state index contributed by atoms with van der Waals surface area (Å²) in [5.41, 5.74) is 4.07. The molecular formula is C11H7Cl2F2N3O2. The lowest BCUT2D eigenvalue weighted by Gasteiger charge is -2.09. The minimum absolute atomic E-state index is 0.00213. The maximum atomic E-state index is 12.6. The normalized spacial score (nSPS) is 10.8. The number of nitrogens with zero attached hydrogens (tertiary/aromatic N) is 1. The molecule has 1 aromatic carbocycles. The molecule has 20 heavy (non-hydrogen) atoms. The summed E-state index contributed by atoms with van der Waals surface area (Å²) in [5, 5.41) is 5.55. The van der Waals surface area contributed by atoms with Gasteiger partial charge < -0.3 is 10.5 Å². The highest BCUT2D eigenvalue weighted by molar-refractivity contribution is 6.37. The van der Waals surface area contributed by atoms with Gasteiger partial charge in [-0.25, -0.2) is 13.9 Å². The van der Waals surface area contributed by atoms with Gasteiger partial charge in [-0.05, 0) is 12.1 Å². The summed E-state index contributed by atoms with van der Waals surface area (Å²) in [6.07, 6.45) is -2.96. The van der Waals surface area contributed by atoms with Crippen LogP contribution in [-0.4, -0.2) is 10.2 Å². The van der Waals surface area contributed by atoms with Crippen LogP contribution in [0.25, 0.3) is 0 Å². The van der Waals surface area contributed by atoms with Crippen molar-refractivity contribution in [2.24, 2.45) is 0 Å². The van der Waals surface area contributed by atoms with Crippen molar-refractivity contribution in [3.05, 3.63) is 44.2 Å². The molecule has 0 aliphatic carbocycles. The Labute approximate surface area is 121 Å². The molecule has 0 bridgehead atoms. The smallest absolute Gasteiger partial charge is 0.273 e. The van der Waals surface area contributed by atoms with E-state index in [0.29, 0.717) is 5.69 Å². The van der Waals surface area contributed by atoms with Crippen molar-refractivity contribution in [1.29, 1.82) is 0 Å². The lowest BCUT2D eigenvalue weighted by molar-refractivity contribution is 0.149. The number of H-pyrrole nitrogens is 1. The highest BCUT2D eigenvalue weighted by Gasteiger charge is 2.16. The van der Waals surface area contributed by atoms with Crippen molar-refractivity contribution in [3.8, 4) is 11.6 Å². The van der Waals surface area contributed by atoms with Gasteiger partial charge in [0.15, 0.2) is 5.75 Å². The number of nitrogen functional groups attached to an aromatic ring is 1. The van der Waals surface area contributed by atoms with Crippen molar-refractivity contribution < 1.29 is 13.5 Å². The number of aromatic amines is 1. The molecule has 0 aliphatic heterocycles. The Morgan fingerprint density at radius 3 is 2.40 bits per heavy atom. The molecule has 9 heteroatoms. The molecule has 0 aliphatic rings. The Hall–Kier alpha value is -1.86. The Kier molecular flexibility index (Phi) is 4.10. The van der Waals surface area contributed by atoms with Gasteiger partial charge in [0, 0.05) is 11.8 Å². The molecule has 0 unspecified atom stereocenters. The first-order chi connectivity index (χ1) is 9.38. The molecule has 0 atom stereocenters. The van der Waals surface area contributed by atoms with Gasteiger partial charge in [0.05, 0.1) is 15.6 Å². The van der Waals surface area contributed by atoms with Crippen molar-refractivity contribution in [1.82, 2.24) is 10.2 Å². The van der Waals surface area contributed by atoms with Crippen LogP contribution in [0.3, 0.4) is 0 Å². The highest BCUT2D eigenvalue weighted by Crippen LogP contribution is 2.37. The Balaban J connectivity index is 2.41. The fourth-order valence-corrected chi connectivity index (χ4v) is 1.98. The molecule has 0 saturated carbocycles. The van der Waals surface area contributed by atoms with Crippen LogP contribution < -0.4 is 16.0 Å². The van der Waals surface area contributed by atoms with Crippen molar-refractivity contribution in [3.63, 3.8) is 0 Å². The number of rotatable bonds is 3. The zero-order valence-electron chi connectivity index (χ0n) is 9.66. The second-order valence-corrected chi connectivity index (χ2v) is 4.52. The number of nitrogens with two attached hydrogens (primary N) is 1. The zero-order chi connectivity index (χ0) is 14.9. The first-order valence-electron chi connectivity index (χ1n) is 5.18. The number of nitrogens with one attached hydrogen (secondary N) is 1. The van der Waals surface area contributed by atoms with Crippen LogP contribution >= 0.6 is 23.2 Å². The van der Waals surface area contributed by atoms with Crippen molar-refractivity contribution in [2.45, 2.75) is 6.43 Å². The van der Waals surface area contributed by atoms with Gasteiger partial charge in [-0.15, -0.1) is 5.10 Å². The quantitative estimate of drug-likeness (QED) is 0.849. The molecule has 5 nitrogen and oxygen atoms in total. The summed E-state index contributed by atoms with van der Waals surface area (Å²) in [6.45, 7) is 0. The van der Waals surface area contributed by atoms with E-state index in [1.54, 1.807) is 0 Å². The molecule has 2 rings (SSSR count). The minimum atomic E-state index is -2.96. The third-order valence-electron chi connectivity index (χ3n) is 2.27. The van der Waals surface area contributed by atoms with Crippen LogP contribution in [0.2, 0.25) is 10.0 Å². The number of halogens is 4. The largest absolute Gasteiger partial charge is 0.434 e. The number of anilines is 1. The van der Waals surface area contributed by atoms with E-state index < -0.39 is 17.5 Å².